The van der Waals surface area contributed by atoms with Crippen LogP contribution in [0, 0.1) is 13.8 Å². The lowest BCUT2D eigenvalue weighted by atomic mass is 10.2. The van der Waals surface area contributed by atoms with E-state index < -0.39 is 0 Å². The van der Waals surface area contributed by atoms with Gasteiger partial charge in [0.15, 0.2) is 0 Å². The number of nitrogens with two attached hydrogens (primary N) is 1. The van der Waals surface area contributed by atoms with Gasteiger partial charge in [0.2, 0.25) is 5.91 Å². The number of primary amides is 1. The summed E-state index contributed by atoms with van der Waals surface area (Å²) in [6.07, 6.45) is 1.22. The minimum absolute atomic E-state index is 0.234. The Labute approximate surface area is 100 Å². The van der Waals surface area contributed by atoms with E-state index in [1.165, 1.54) is 4.88 Å². The van der Waals surface area contributed by atoms with E-state index in [1.807, 2.05) is 6.92 Å². The van der Waals surface area contributed by atoms with Crippen LogP contribution < -0.4 is 11.1 Å². The van der Waals surface area contributed by atoms with Gasteiger partial charge in [-0.3, -0.25) is 4.79 Å². The average Bonchev–Trinajstić information content (AvgIpc) is 2.52. The number of thiazole rings is 1. The number of rotatable bonds is 6. The van der Waals surface area contributed by atoms with E-state index in [9.17, 15) is 4.79 Å². The third-order valence-corrected chi connectivity index (χ3v) is 3.30. The standard InChI is InChI=1S/C11H19N3OS/c1-7(13-6-4-5-10(12)15)11-8(2)16-9(3)14-11/h7,13H,4-6H2,1-3H3,(H2,12,15). The van der Waals surface area contributed by atoms with Crippen LogP contribution in [0.1, 0.15) is 41.4 Å². The van der Waals surface area contributed by atoms with Crippen molar-refractivity contribution in [2.75, 3.05) is 6.54 Å². The van der Waals surface area contributed by atoms with Crippen LogP contribution >= 0.6 is 11.3 Å². The number of amides is 1. The predicted octanol–water partition coefficient (Wildman–Crippen LogP) is 1.68. The zero-order valence-corrected chi connectivity index (χ0v) is 10.9. The second kappa shape index (κ2) is 5.96. The van der Waals surface area contributed by atoms with Gasteiger partial charge in [0.1, 0.15) is 0 Å². The summed E-state index contributed by atoms with van der Waals surface area (Å²) in [5.41, 5.74) is 6.18. The Kier molecular flexibility index (Phi) is 4.89. The Morgan fingerprint density at radius 3 is 2.75 bits per heavy atom. The number of nitrogens with zero attached hydrogens (tertiary/aromatic N) is 1. The quantitative estimate of drug-likeness (QED) is 0.744. The SMILES string of the molecule is Cc1nc(C(C)NCCCC(N)=O)c(C)s1. The lowest BCUT2D eigenvalue weighted by Crippen LogP contribution is -2.22. The van der Waals surface area contributed by atoms with Crippen molar-refractivity contribution in [1.29, 1.82) is 0 Å². The Morgan fingerprint density at radius 1 is 1.56 bits per heavy atom. The second-order valence-corrected chi connectivity index (χ2v) is 5.33. The maximum Gasteiger partial charge on any atom is 0.217 e. The van der Waals surface area contributed by atoms with Gasteiger partial charge in [-0.15, -0.1) is 11.3 Å². The fourth-order valence-corrected chi connectivity index (χ4v) is 2.54. The molecule has 16 heavy (non-hydrogen) atoms. The third-order valence-electron chi connectivity index (χ3n) is 2.40. The van der Waals surface area contributed by atoms with Crippen LogP contribution in [0.4, 0.5) is 0 Å². The zero-order chi connectivity index (χ0) is 12.1. The van der Waals surface area contributed by atoms with E-state index in [2.05, 4.69) is 24.1 Å². The molecule has 0 spiro atoms. The van der Waals surface area contributed by atoms with Crippen molar-refractivity contribution in [2.45, 2.75) is 39.7 Å². The molecule has 1 rings (SSSR count). The van der Waals surface area contributed by atoms with Gasteiger partial charge in [0, 0.05) is 17.3 Å². The summed E-state index contributed by atoms with van der Waals surface area (Å²) in [4.78, 5) is 16.3. The zero-order valence-electron chi connectivity index (χ0n) is 10.0. The fraction of sp³-hybridized carbons (Fsp3) is 0.636. The molecule has 0 aliphatic rings. The van der Waals surface area contributed by atoms with Gasteiger partial charge in [-0.25, -0.2) is 4.98 Å². The molecule has 0 saturated carbocycles. The third kappa shape index (κ3) is 3.90. The van der Waals surface area contributed by atoms with Crippen molar-refractivity contribution >= 4 is 17.2 Å². The Hall–Kier alpha value is -0.940. The normalized spacial score (nSPS) is 12.7. The maximum absolute atomic E-state index is 10.6. The molecule has 0 fully saturated rings. The van der Waals surface area contributed by atoms with Crippen LogP contribution in [-0.2, 0) is 4.79 Å². The number of carbonyl (C=O) groups excluding carboxylic acids is 1. The molecule has 5 heteroatoms. The lowest BCUT2D eigenvalue weighted by Gasteiger charge is -2.11. The summed E-state index contributed by atoms with van der Waals surface area (Å²) in [5, 5.41) is 4.44. The number of hydrogen-bond donors (Lipinski definition) is 2. The molecule has 0 aliphatic carbocycles. The number of nitrogens with one attached hydrogen (secondary N) is 1. The van der Waals surface area contributed by atoms with E-state index >= 15 is 0 Å². The molecule has 1 unspecified atom stereocenters. The van der Waals surface area contributed by atoms with Crippen molar-refractivity contribution < 1.29 is 4.79 Å². The number of carbonyl (C=O) groups is 1. The molecule has 1 amide bonds. The monoisotopic (exact) mass is 241 g/mol. The summed E-state index contributed by atoms with van der Waals surface area (Å²) < 4.78 is 0. The lowest BCUT2D eigenvalue weighted by molar-refractivity contribution is -0.118. The predicted molar refractivity (Wildman–Crippen MR) is 66.4 cm³/mol. The molecule has 0 saturated heterocycles. The van der Waals surface area contributed by atoms with E-state index in [-0.39, 0.29) is 11.9 Å². The molecule has 1 aromatic heterocycles. The molecule has 0 bridgehead atoms. The molecular formula is C11H19N3OS. The largest absolute Gasteiger partial charge is 0.370 e. The molecule has 0 aliphatic heterocycles. The van der Waals surface area contributed by atoms with Gasteiger partial charge in [0.25, 0.3) is 0 Å². The maximum atomic E-state index is 10.6. The smallest absolute Gasteiger partial charge is 0.217 e. The van der Waals surface area contributed by atoms with Gasteiger partial charge in [0.05, 0.1) is 10.7 Å². The van der Waals surface area contributed by atoms with Crippen molar-refractivity contribution in [3.63, 3.8) is 0 Å². The van der Waals surface area contributed by atoms with E-state index in [4.69, 9.17) is 5.73 Å². The molecule has 4 nitrogen and oxygen atoms in total. The summed E-state index contributed by atoms with van der Waals surface area (Å²) in [6, 6.07) is 0.234. The van der Waals surface area contributed by atoms with Gasteiger partial charge in [-0.05, 0) is 33.7 Å². The minimum atomic E-state index is -0.241. The molecule has 3 N–H and O–H groups in total. The van der Waals surface area contributed by atoms with Gasteiger partial charge in [-0.1, -0.05) is 0 Å². The van der Waals surface area contributed by atoms with Gasteiger partial charge in [-0.2, -0.15) is 0 Å². The van der Waals surface area contributed by atoms with Crippen LogP contribution in [0.3, 0.4) is 0 Å². The van der Waals surface area contributed by atoms with Gasteiger partial charge >= 0.3 is 0 Å². The Bertz CT molecular complexity index is 362. The molecule has 1 heterocycles. The average molecular weight is 241 g/mol. The first kappa shape index (κ1) is 13.1. The summed E-state index contributed by atoms with van der Waals surface area (Å²) >= 11 is 1.72. The highest BCUT2D eigenvalue weighted by atomic mass is 32.1. The van der Waals surface area contributed by atoms with Crippen LogP contribution in [0.2, 0.25) is 0 Å². The van der Waals surface area contributed by atoms with Crippen LogP contribution in [0.5, 0.6) is 0 Å². The van der Waals surface area contributed by atoms with Crippen molar-refractivity contribution in [3.8, 4) is 0 Å². The van der Waals surface area contributed by atoms with E-state index in [0.29, 0.717) is 6.42 Å². The molecule has 1 aromatic rings. The Morgan fingerprint density at radius 2 is 2.25 bits per heavy atom. The first-order chi connectivity index (χ1) is 7.50. The van der Waals surface area contributed by atoms with Crippen LogP contribution in [0.25, 0.3) is 0 Å². The summed E-state index contributed by atoms with van der Waals surface area (Å²) in [6.45, 7) is 6.98. The van der Waals surface area contributed by atoms with Crippen molar-refractivity contribution in [2.24, 2.45) is 5.73 Å². The van der Waals surface area contributed by atoms with E-state index in [0.717, 1.165) is 23.7 Å². The van der Waals surface area contributed by atoms with Crippen LogP contribution in [0.15, 0.2) is 0 Å². The summed E-state index contributed by atoms with van der Waals surface area (Å²) in [5.74, 6) is -0.241. The topological polar surface area (TPSA) is 68.0 Å². The summed E-state index contributed by atoms with van der Waals surface area (Å²) in [7, 11) is 0. The van der Waals surface area contributed by atoms with Crippen molar-refractivity contribution in [3.05, 3.63) is 15.6 Å². The minimum Gasteiger partial charge on any atom is -0.370 e. The Balaban J connectivity index is 2.38. The molecule has 1 atom stereocenters. The van der Waals surface area contributed by atoms with E-state index in [1.54, 1.807) is 11.3 Å². The highest BCUT2D eigenvalue weighted by Gasteiger charge is 2.12. The molecular weight excluding hydrogens is 222 g/mol. The van der Waals surface area contributed by atoms with Gasteiger partial charge < -0.3 is 11.1 Å². The number of aryl methyl sites for hydroxylation is 2. The first-order valence-corrected chi connectivity index (χ1v) is 6.28. The molecule has 90 valence electrons. The highest BCUT2D eigenvalue weighted by molar-refractivity contribution is 7.11. The number of aromatic nitrogens is 1. The molecule has 0 aromatic carbocycles. The second-order valence-electron chi connectivity index (χ2n) is 3.92. The highest BCUT2D eigenvalue weighted by Crippen LogP contribution is 2.22. The fourth-order valence-electron chi connectivity index (χ4n) is 1.62. The van der Waals surface area contributed by atoms with Crippen LogP contribution in [-0.4, -0.2) is 17.4 Å². The first-order valence-electron chi connectivity index (χ1n) is 5.46. The molecule has 0 radical (unpaired) electrons. The number of hydrogen-bond acceptors (Lipinski definition) is 4. The van der Waals surface area contributed by atoms with Crippen molar-refractivity contribution in [1.82, 2.24) is 10.3 Å².